The average molecular weight is 200 g/mol. The molecule has 0 saturated carbocycles. The van der Waals surface area contributed by atoms with E-state index in [0.717, 1.165) is 5.76 Å². The number of unbranched alkanes of at least 4 members (excludes halogenated alkanes) is 1. The normalized spacial score (nSPS) is 9.13. The Bertz CT molecular complexity index is 405. The molecular formula is C13H12O2. The minimum atomic E-state index is 0.181. The maximum absolute atomic E-state index is 8.49. The summed E-state index contributed by atoms with van der Waals surface area (Å²) in [4.78, 5) is 0. The maximum Gasteiger partial charge on any atom is 0.127 e. The van der Waals surface area contributed by atoms with E-state index in [1.165, 1.54) is 0 Å². The average Bonchev–Trinajstić information content (AvgIpc) is 2.75. The van der Waals surface area contributed by atoms with Gasteiger partial charge in [-0.3, -0.25) is 0 Å². The van der Waals surface area contributed by atoms with E-state index in [0.29, 0.717) is 12.8 Å². The van der Waals surface area contributed by atoms with Crippen LogP contribution in [0.1, 0.15) is 18.6 Å². The van der Waals surface area contributed by atoms with E-state index in [1.807, 2.05) is 12.1 Å². The summed E-state index contributed by atoms with van der Waals surface area (Å²) in [5, 5.41) is 8.49. The Morgan fingerprint density at radius 1 is 1.40 bits per heavy atom. The van der Waals surface area contributed by atoms with Crippen molar-refractivity contribution in [1.82, 2.24) is 0 Å². The van der Waals surface area contributed by atoms with E-state index in [2.05, 4.69) is 23.7 Å². The molecule has 0 aliphatic carbocycles. The lowest BCUT2D eigenvalue weighted by Crippen LogP contribution is -1.77. The van der Waals surface area contributed by atoms with Crippen molar-refractivity contribution in [3.63, 3.8) is 0 Å². The van der Waals surface area contributed by atoms with Crippen molar-refractivity contribution in [2.24, 2.45) is 0 Å². The zero-order chi connectivity index (χ0) is 10.8. The summed E-state index contributed by atoms with van der Waals surface area (Å²) in [6.45, 7) is 0.181. The van der Waals surface area contributed by atoms with E-state index < -0.39 is 0 Å². The highest BCUT2D eigenvalue weighted by Gasteiger charge is 1.83. The molecule has 76 valence electrons. The van der Waals surface area contributed by atoms with Crippen molar-refractivity contribution in [1.29, 1.82) is 0 Å². The summed E-state index contributed by atoms with van der Waals surface area (Å²) in [6, 6.07) is 3.67. The second-order valence-corrected chi connectivity index (χ2v) is 2.75. The molecule has 0 aliphatic heterocycles. The van der Waals surface area contributed by atoms with E-state index in [-0.39, 0.29) is 6.61 Å². The van der Waals surface area contributed by atoms with Gasteiger partial charge in [-0.1, -0.05) is 11.8 Å². The first-order valence-electron chi connectivity index (χ1n) is 4.73. The number of rotatable bonds is 3. The van der Waals surface area contributed by atoms with Crippen LogP contribution in [-0.4, -0.2) is 11.7 Å². The van der Waals surface area contributed by atoms with Crippen LogP contribution in [-0.2, 0) is 0 Å². The Morgan fingerprint density at radius 2 is 2.33 bits per heavy atom. The highest BCUT2D eigenvalue weighted by molar-refractivity contribution is 5.48. The van der Waals surface area contributed by atoms with Crippen molar-refractivity contribution < 1.29 is 9.52 Å². The predicted octanol–water partition coefficient (Wildman–Crippen LogP) is 2.07. The number of furan rings is 1. The summed E-state index contributed by atoms with van der Waals surface area (Å²) < 4.78 is 5.07. The highest BCUT2D eigenvalue weighted by Crippen LogP contribution is 2.00. The Kier molecular flexibility index (Phi) is 5.59. The Labute approximate surface area is 89.6 Å². The van der Waals surface area contributed by atoms with Crippen LogP contribution in [0.3, 0.4) is 0 Å². The molecule has 0 spiro atoms. The molecule has 0 aromatic carbocycles. The van der Waals surface area contributed by atoms with Crippen LogP contribution in [0.15, 0.2) is 28.9 Å². The third-order valence-electron chi connectivity index (χ3n) is 1.56. The van der Waals surface area contributed by atoms with Crippen molar-refractivity contribution in [3.05, 3.63) is 30.2 Å². The Hall–Kier alpha value is -1.90. The molecule has 1 rings (SSSR count). The minimum absolute atomic E-state index is 0.181. The van der Waals surface area contributed by atoms with E-state index in [4.69, 9.17) is 9.52 Å². The van der Waals surface area contributed by atoms with E-state index >= 15 is 0 Å². The Balaban J connectivity index is 2.29. The van der Waals surface area contributed by atoms with E-state index in [1.54, 1.807) is 18.4 Å². The second kappa shape index (κ2) is 7.50. The molecule has 1 aromatic rings. The molecule has 15 heavy (non-hydrogen) atoms. The monoisotopic (exact) mass is 200 g/mol. The van der Waals surface area contributed by atoms with Gasteiger partial charge < -0.3 is 9.52 Å². The van der Waals surface area contributed by atoms with Crippen LogP contribution in [0.2, 0.25) is 0 Å². The van der Waals surface area contributed by atoms with Crippen molar-refractivity contribution in [2.45, 2.75) is 12.8 Å². The van der Waals surface area contributed by atoms with Crippen LogP contribution in [0.5, 0.6) is 0 Å². The molecule has 1 N–H and O–H groups in total. The topological polar surface area (TPSA) is 33.4 Å². The van der Waals surface area contributed by atoms with Gasteiger partial charge in [0.2, 0.25) is 0 Å². The molecular weight excluding hydrogens is 188 g/mol. The molecule has 0 amide bonds. The molecule has 1 aromatic heterocycles. The smallest absolute Gasteiger partial charge is 0.127 e. The van der Waals surface area contributed by atoms with Crippen LogP contribution >= 0.6 is 0 Å². The minimum Gasteiger partial charge on any atom is -0.465 e. The molecule has 0 fully saturated rings. The lowest BCUT2D eigenvalue weighted by molar-refractivity contribution is 0.290. The first-order chi connectivity index (χ1) is 7.43. The van der Waals surface area contributed by atoms with Gasteiger partial charge in [-0.25, -0.2) is 0 Å². The fourth-order valence-corrected chi connectivity index (χ4v) is 0.862. The lowest BCUT2D eigenvalue weighted by atomic mass is 10.3. The standard InChI is InChI=1S/C13H12O2/c14-11-7-5-3-1-2-4-6-9-13-10-8-12-15-13/h6,8-10,12,14H,5,7,11H2/b9-6+. The van der Waals surface area contributed by atoms with Gasteiger partial charge >= 0.3 is 0 Å². The molecule has 0 unspecified atom stereocenters. The largest absolute Gasteiger partial charge is 0.465 e. The predicted molar refractivity (Wildman–Crippen MR) is 59.6 cm³/mol. The van der Waals surface area contributed by atoms with E-state index in [9.17, 15) is 0 Å². The molecule has 0 atom stereocenters. The zero-order valence-corrected chi connectivity index (χ0v) is 8.36. The third kappa shape index (κ3) is 5.41. The number of aliphatic hydroxyl groups excluding tert-OH is 1. The molecule has 0 aliphatic rings. The van der Waals surface area contributed by atoms with Gasteiger partial charge in [-0.15, -0.1) is 0 Å². The van der Waals surface area contributed by atoms with Crippen molar-refractivity contribution >= 4 is 6.08 Å². The molecule has 2 heteroatoms. The summed E-state index contributed by atoms with van der Waals surface area (Å²) in [6.07, 6.45) is 6.48. The Morgan fingerprint density at radius 3 is 3.07 bits per heavy atom. The fraction of sp³-hybridized carbons (Fsp3) is 0.231. The van der Waals surface area contributed by atoms with Crippen LogP contribution < -0.4 is 0 Å². The van der Waals surface area contributed by atoms with Crippen molar-refractivity contribution in [2.75, 3.05) is 6.61 Å². The van der Waals surface area contributed by atoms with Gasteiger partial charge in [0.25, 0.3) is 0 Å². The quantitative estimate of drug-likeness (QED) is 0.598. The summed E-state index contributed by atoms with van der Waals surface area (Å²) >= 11 is 0. The number of hydrogen-bond acceptors (Lipinski definition) is 2. The number of aliphatic hydroxyl groups is 1. The molecule has 2 nitrogen and oxygen atoms in total. The first-order valence-corrected chi connectivity index (χ1v) is 4.73. The molecule has 0 radical (unpaired) electrons. The fourth-order valence-electron chi connectivity index (χ4n) is 0.862. The van der Waals surface area contributed by atoms with Gasteiger partial charge in [0.05, 0.1) is 6.26 Å². The lowest BCUT2D eigenvalue weighted by Gasteiger charge is -1.80. The van der Waals surface area contributed by atoms with Crippen LogP contribution in [0, 0.1) is 23.7 Å². The second-order valence-electron chi connectivity index (χ2n) is 2.75. The summed E-state index contributed by atoms with van der Waals surface area (Å²) in [5.41, 5.74) is 0. The SMILES string of the molecule is OCCCC#CC#C/C=C/c1ccco1. The number of allylic oxidation sites excluding steroid dienone is 1. The van der Waals surface area contributed by atoms with Gasteiger partial charge in [0.15, 0.2) is 0 Å². The zero-order valence-electron chi connectivity index (χ0n) is 8.36. The van der Waals surface area contributed by atoms with Crippen molar-refractivity contribution in [3.8, 4) is 23.7 Å². The van der Waals surface area contributed by atoms with Gasteiger partial charge in [-0.05, 0) is 42.5 Å². The first kappa shape index (κ1) is 11.2. The summed E-state index contributed by atoms with van der Waals surface area (Å²) in [5.74, 6) is 11.8. The molecule has 1 heterocycles. The highest BCUT2D eigenvalue weighted by atomic mass is 16.3. The van der Waals surface area contributed by atoms with Crippen LogP contribution in [0.25, 0.3) is 6.08 Å². The number of hydrogen-bond donors (Lipinski definition) is 1. The molecule has 0 bridgehead atoms. The maximum atomic E-state index is 8.49. The molecule has 0 saturated heterocycles. The van der Waals surface area contributed by atoms with Gasteiger partial charge in [-0.2, -0.15) is 0 Å². The third-order valence-corrected chi connectivity index (χ3v) is 1.56. The van der Waals surface area contributed by atoms with Gasteiger partial charge in [0, 0.05) is 13.0 Å². The van der Waals surface area contributed by atoms with Gasteiger partial charge in [0.1, 0.15) is 5.76 Å². The van der Waals surface area contributed by atoms with Crippen LogP contribution in [0.4, 0.5) is 0 Å². The summed E-state index contributed by atoms with van der Waals surface area (Å²) in [7, 11) is 0.